The molecule has 8 heavy (non-hydrogen) atoms. The summed E-state index contributed by atoms with van der Waals surface area (Å²) in [5.41, 5.74) is 0. The van der Waals surface area contributed by atoms with Crippen molar-refractivity contribution in [2.75, 3.05) is 0 Å². The van der Waals surface area contributed by atoms with Crippen LogP contribution in [0.4, 0.5) is 0 Å². The predicted molar refractivity (Wildman–Crippen MR) is 45.7 cm³/mol. The predicted octanol–water partition coefficient (Wildman–Crippen LogP) is 1.62. The van der Waals surface area contributed by atoms with Crippen molar-refractivity contribution in [1.29, 1.82) is 0 Å². The fourth-order valence-corrected chi connectivity index (χ4v) is 2.25. The van der Waals surface area contributed by atoms with Gasteiger partial charge in [-0.05, 0) is 0 Å². The summed E-state index contributed by atoms with van der Waals surface area (Å²) in [7, 11) is 0.137. The summed E-state index contributed by atoms with van der Waals surface area (Å²) >= 11 is 0. The van der Waals surface area contributed by atoms with Crippen LogP contribution in [0.5, 0.6) is 0 Å². The van der Waals surface area contributed by atoms with Crippen LogP contribution in [0.2, 0.25) is 18.1 Å². The van der Waals surface area contributed by atoms with E-state index in [1.165, 1.54) is 18.1 Å². The van der Waals surface area contributed by atoms with E-state index in [0.29, 0.717) is 0 Å². The quantitative estimate of drug-likeness (QED) is 0.662. The monoisotopic (exact) mass is 247 g/mol. The van der Waals surface area contributed by atoms with Crippen LogP contribution in [0.25, 0.3) is 0 Å². The standard InChI is InChI=1S/C6H15Si.H2Te/c1-4-7(5-2)6-3;/h4-6H2,1-3H3;1H2. The Hall–Kier alpha value is 1.01. The van der Waals surface area contributed by atoms with Crippen LogP contribution in [0.3, 0.4) is 0 Å². The molecule has 51 valence electrons. The molecule has 0 heterocycles. The normalized spacial score (nSPS) is 9.00. The fourth-order valence-electron chi connectivity index (χ4n) is 0.750. The molecule has 0 saturated heterocycles. The van der Waals surface area contributed by atoms with Crippen LogP contribution < -0.4 is 0 Å². The first-order valence-electron chi connectivity index (χ1n) is 3.18. The third kappa shape index (κ3) is 5.15. The summed E-state index contributed by atoms with van der Waals surface area (Å²) in [4.78, 5) is 0. The molecule has 0 aliphatic rings. The second-order valence-corrected chi connectivity index (χ2v) is 5.43. The Morgan fingerprint density at radius 3 is 1.12 bits per heavy atom. The van der Waals surface area contributed by atoms with Gasteiger partial charge >= 0.3 is 23.7 Å². The van der Waals surface area contributed by atoms with Crippen LogP contribution in [0.1, 0.15) is 20.8 Å². The van der Waals surface area contributed by atoms with Gasteiger partial charge in [-0.2, -0.15) is 0 Å². The van der Waals surface area contributed by atoms with Gasteiger partial charge in [-0.3, -0.25) is 0 Å². The van der Waals surface area contributed by atoms with Crippen molar-refractivity contribution in [1.82, 2.24) is 0 Å². The molecule has 0 aliphatic heterocycles. The van der Waals surface area contributed by atoms with Crippen molar-refractivity contribution in [3.8, 4) is 0 Å². The number of rotatable bonds is 3. The molecule has 0 saturated carbocycles. The van der Waals surface area contributed by atoms with Crippen molar-refractivity contribution in [2.45, 2.75) is 38.9 Å². The molecule has 0 bridgehead atoms. The molecule has 0 unspecified atom stereocenters. The average molecular weight is 245 g/mol. The number of hydrogen-bond donors (Lipinski definition) is 0. The molecule has 0 rings (SSSR count). The van der Waals surface area contributed by atoms with Gasteiger partial charge in [0.05, 0.1) is 0 Å². The Kier molecular flexibility index (Phi) is 11.8. The Bertz CT molecular complexity index is 30.0. The zero-order valence-electron chi connectivity index (χ0n) is 6.12. The summed E-state index contributed by atoms with van der Waals surface area (Å²) < 4.78 is 0. The Labute approximate surface area is 71.4 Å². The van der Waals surface area contributed by atoms with E-state index in [-0.39, 0.29) is 32.5 Å². The molecule has 0 amide bonds. The molecule has 0 atom stereocenters. The third-order valence-electron chi connectivity index (χ3n) is 1.50. The first-order valence-corrected chi connectivity index (χ1v) is 5.30. The van der Waals surface area contributed by atoms with E-state index in [2.05, 4.69) is 20.8 Å². The second kappa shape index (κ2) is 8.01. The minimum absolute atomic E-state index is 0. The van der Waals surface area contributed by atoms with Gasteiger partial charge in [-0.15, -0.1) is 0 Å². The molecular weight excluding hydrogens is 228 g/mol. The van der Waals surface area contributed by atoms with Gasteiger partial charge in [0.1, 0.15) is 0 Å². The molecule has 2 heteroatoms. The molecule has 0 aliphatic carbocycles. The van der Waals surface area contributed by atoms with Gasteiger partial charge in [0.2, 0.25) is 0 Å². The molecule has 0 nitrogen and oxygen atoms in total. The van der Waals surface area contributed by atoms with Crippen LogP contribution in [-0.4, -0.2) is 32.5 Å². The first-order chi connectivity index (χ1) is 3.35. The number of hydrogen-bond acceptors (Lipinski definition) is 0. The SMILES string of the molecule is CC[Si](CC)CC.[TeH2]. The van der Waals surface area contributed by atoms with Gasteiger partial charge < -0.3 is 0 Å². The van der Waals surface area contributed by atoms with E-state index < -0.39 is 0 Å². The Balaban J connectivity index is 0. The topological polar surface area (TPSA) is 0 Å². The second-order valence-electron chi connectivity index (χ2n) is 1.81. The minimum atomic E-state index is 0. The average Bonchev–Trinajstić information content (AvgIpc) is 1.72. The molecule has 0 aromatic heterocycles. The maximum absolute atomic E-state index is 2.31. The zero-order valence-corrected chi connectivity index (χ0v) is 9.98. The Morgan fingerprint density at radius 2 is 1.12 bits per heavy atom. The van der Waals surface area contributed by atoms with E-state index in [9.17, 15) is 0 Å². The molecular formula is C6H17SiTe. The van der Waals surface area contributed by atoms with Gasteiger partial charge in [0, 0.05) is 8.80 Å². The van der Waals surface area contributed by atoms with Crippen molar-refractivity contribution < 1.29 is 0 Å². The van der Waals surface area contributed by atoms with Crippen molar-refractivity contribution >= 4 is 32.5 Å². The van der Waals surface area contributed by atoms with Crippen LogP contribution in [0.15, 0.2) is 0 Å². The summed E-state index contributed by atoms with van der Waals surface area (Å²) in [6.45, 7) is 6.92. The van der Waals surface area contributed by atoms with Crippen LogP contribution in [-0.2, 0) is 0 Å². The summed E-state index contributed by atoms with van der Waals surface area (Å²) in [5.74, 6) is 0. The van der Waals surface area contributed by atoms with E-state index in [4.69, 9.17) is 0 Å². The third-order valence-corrected chi connectivity index (χ3v) is 4.50. The van der Waals surface area contributed by atoms with Gasteiger partial charge in [0.25, 0.3) is 0 Å². The molecule has 0 spiro atoms. The van der Waals surface area contributed by atoms with E-state index in [1.807, 2.05) is 0 Å². The summed E-state index contributed by atoms with van der Waals surface area (Å²) in [6, 6.07) is 4.37. The Morgan fingerprint density at radius 1 is 0.875 bits per heavy atom. The van der Waals surface area contributed by atoms with Gasteiger partial charge in [0.15, 0.2) is 0 Å². The fraction of sp³-hybridized carbons (Fsp3) is 1.00. The van der Waals surface area contributed by atoms with Crippen LogP contribution in [0, 0.1) is 0 Å². The van der Waals surface area contributed by atoms with Crippen molar-refractivity contribution in [2.24, 2.45) is 0 Å². The van der Waals surface area contributed by atoms with E-state index >= 15 is 0 Å². The van der Waals surface area contributed by atoms with E-state index in [1.54, 1.807) is 0 Å². The van der Waals surface area contributed by atoms with Crippen molar-refractivity contribution in [3.63, 3.8) is 0 Å². The molecule has 0 N–H and O–H groups in total. The zero-order chi connectivity index (χ0) is 5.70. The van der Waals surface area contributed by atoms with E-state index in [0.717, 1.165) is 0 Å². The summed E-state index contributed by atoms with van der Waals surface area (Å²) in [6.07, 6.45) is 0. The van der Waals surface area contributed by atoms with Crippen LogP contribution >= 0.6 is 0 Å². The molecule has 0 aromatic carbocycles. The molecule has 1 radical (unpaired) electrons. The molecule has 0 fully saturated rings. The van der Waals surface area contributed by atoms with Gasteiger partial charge in [-0.25, -0.2) is 0 Å². The maximum atomic E-state index is 2.31. The first kappa shape index (κ1) is 11.8. The molecule has 0 aromatic rings. The summed E-state index contributed by atoms with van der Waals surface area (Å²) in [5, 5.41) is 0. The van der Waals surface area contributed by atoms with Crippen molar-refractivity contribution in [3.05, 3.63) is 0 Å². The van der Waals surface area contributed by atoms with Gasteiger partial charge in [-0.1, -0.05) is 38.9 Å².